The Labute approximate surface area is 129 Å². The Kier molecular flexibility index (Phi) is 9.71. The Morgan fingerprint density at radius 2 is 1.62 bits per heavy atom. The van der Waals surface area contributed by atoms with Gasteiger partial charge in [-0.15, -0.1) is 0 Å². The van der Waals surface area contributed by atoms with Crippen molar-refractivity contribution in [1.29, 1.82) is 0 Å². The van der Waals surface area contributed by atoms with Gasteiger partial charge in [-0.25, -0.2) is 0 Å². The highest BCUT2D eigenvalue weighted by atomic mass is 16.1. The number of ketones is 1. The van der Waals surface area contributed by atoms with Crippen molar-refractivity contribution in [3.63, 3.8) is 0 Å². The number of hydrogen-bond acceptors (Lipinski definition) is 2. The van der Waals surface area contributed by atoms with Crippen LogP contribution < -0.4 is 10.3 Å². The summed E-state index contributed by atoms with van der Waals surface area (Å²) in [5.74, 6) is 0.212. The summed E-state index contributed by atoms with van der Waals surface area (Å²) < 4.78 is 1.82. The Hall–Kier alpha value is -1.22. The molecule has 0 bridgehead atoms. The normalized spacial score (nSPS) is 10.8. The molecule has 1 heterocycles. The van der Waals surface area contributed by atoms with Gasteiger partial charge >= 0.3 is 0 Å². The van der Waals surface area contributed by atoms with Crippen molar-refractivity contribution in [2.24, 2.45) is 5.73 Å². The van der Waals surface area contributed by atoms with Crippen molar-refractivity contribution in [2.75, 3.05) is 0 Å². The maximum Gasteiger partial charge on any atom is 0.249 e. The first-order chi connectivity index (χ1) is 10.3. The van der Waals surface area contributed by atoms with E-state index in [-0.39, 0.29) is 5.78 Å². The molecule has 0 amide bonds. The average Bonchev–Trinajstić information content (AvgIpc) is 2.53. The molecule has 0 atom stereocenters. The average molecular weight is 291 g/mol. The van der Waals surface area contributed by atoms with Crippen molar-refractivity contribution >= 4 is 5.78 Å². The lowest BCUT2D eigenvalue weighted by Gasteiger charge is -2.02. The van der Waals surface area contributed by atoms with E-state index < -0.39 is 0 Å². The molecular formula is C18H31N2O+. The number of unbranched alkanes of at least 4 members (excludes halogenated alkanes) is 8. The monoisotopic (exact) mass is 291 g/mol. The maximum atomic E-state index is 12.2. The molecule has 1 rings (SSSR count). The highest BCUT2D eigenvalue weighted by Gasteiger charge is 2.16. The van der Waals surface area contributed by atoms with Crippen LogP contribution in [-0.4, -0.2) is 5.78 Å². The van der Waals surface area contributed by atoms with Crippen LogP contribution in [0.5, 0.6) is 0 Å². The first kappa shape index (κ1) is 17.8. The van der Waals surface area contributed by atoms with E-state index in [0.29, 0.717) is 13.1 Å². The van der Waals surface area contributed by atoms with Crippen LogP contribution in [0.3, 0.4) is 0 Å². The molecule has 0 radical (unpaired) electrons. The third kappa shape index (κ3) is 7.37. The van der Waals surface area contributed by atoms with Crippen molar-refractivity contribution in [3.05, 3.63) is 30.1 Å². The van der Waals surface area contributed by atoms with Gasteiger partial charge in [0.15, 0.2) is 12.9 Å². The number of nitrogens with zero attached hydrogens (tertiary/aromatic N) is 1. The lowest BCUT2D eigenvalue weighted by Crippen LogP contribution is -2.43. The van der Waals surface area contributed by atoms with Gasteiger partial charge in [0.25, 0.3) is 0 Å². The molecule has 0 aliphatic rings. The fourth-order valence-electron chi connectivity index (χ4n) is 2.61. The summed E-state index contributed by atoms with van der Waals surface area (Å²) in [4.78, 5) is 12.2. The van der Waals surface area contributed by atoms with Gasteiger partial charge in [0, 0.05) is 18.6 Å². The van der Waals surface area contributed by atoms with Gasteiger partial charge in [-0.2, -0.15) is 4.57 Å². The molecule has 0 saturated heterocycles. The highest BCUT2D eigenvalue weighted by molar-refractivity contribution is 5.92. The lowest BCUT2D eigenvalue weighted by atomic mass is 10.0. The van der Waals surface area contributed by atoms with Crippen LogP contribution in [0, 0.1) is 0 Å². The highest BCUT2D eigenvalue weighted by Crippen LogP contribution is 2.11. The molecule has 0 aromatic carbocycles. The van der Waals surface area contributed by atoms with Crippen LogP contribution in [0.25, 0.3) is 0 Å². The predicted molar refractivity (Wildman–Crippen MR) is 87.0 cm³/mol. The number of carbonyl (C=O) groups excluding carboxylic acids is 1. The second-order valence-electron chi connectivity index (χ2n) is 5.74. The zero-order valence-electron chi connectivity index (χ0n) is 13.5. The molecule has 3 heteroatoms. The zero-order valence-corrected chi connectivity index (χ0v) is 13.5. The fourth-order valence-corrected chi connectivity index (χ4v) is 2.61. The minimum Gasteiger partial charge on any atom is -0.287 e. The number of pyridine rings is 1. The van der Waals surface area contributed by atoms with Gasteiger partial charge in [0.2, 0.25) is 11.5 Å². The number of Topliss-reactive ketones (excluding diaryl/α,β-unsaturated/α-hetero) is 1. The van der Waals surface area contributed by atoms with E-state index in [4.69, 9.17) is 5.73 Å². The third-order valence-corrected chi connectivity index (χ3v) is 3.93. The quantitative estimate of drug-likeness (QED) is 0.359. The second kappa shape index (κ2) is 11.4. The van der Waals surface area contributed by atoms with E-state index in [9.17, 15) is 4.79 Å². The van der Waals surface area contributed by atoms with E-state index >= 15 is 0 Å². The number of rotatable bonds is 12. The third-order valence-electron chi connectivity index (χ3n) is 3.93. The van der Waals surface area contributed by atoms with Crippen molar-refractivity contribution in [3.8, 4) is 0 Å². The molecule has 0 unspecified atom stereocenters. The first-order valence-electron chi connectivity index (χ1n) is 8.51. The van der Waals surface area contributed by atoms with Gasteiger partial charge < -0.3 is 0 Å². The first-order valence-corrected chi connectivity index (χ1v) is 8.51. The van der Waals surface area contributed by atoms with Crippen LogP contribution in [0.1, 0.15) is 81.6 Å². The smallest absolute Gasteiger partial charge is 0.249 e. The molecule has 0 aliphatic heterocycles. The van der Waals surface area contributed by atoms with Gasteiger partial charge in [-0.1, -0.05) is 58.3 Å². The summed E-state index contributed by atoms with van der Waals surface area (Å²) in [5.41, 5.74) is 6.38. The molecule has 118 valence electrons. The number of aromatic nitrogens is 1. The molecule has 0 aliphatic carbocycles. The van der Waals surface area contributed by atoms with Crippen molar-refractivity contribution in [1.82, 2.24) is 0 Å². The Morgan fingerprint density at radius 3 is 2.24 bits per heavy atom. The minimum absolute atomic E-state index is 0.212. The number of nitrogens with two attached hydrogens (primary N) is 1. The molecule has 0 fully saturated rings. The largest absolute Gasteiger partial charge is 0.287 e. The standard InChI is InChI=1S/C18H31N2O/c1-2-3-4-5-6-7-8-9-10-14-18(21)17-13-11-12-15-20(17)16-19/h11-13,15H,2-10,14,16,19H2,1H3/q+1. The Bertz CT molecular complexity index is 404. The molecular weight excluding hydrogens is 260 g/mol. The van der Waals surface area contributed by atoms with E-state index in [1.165, 1.54) is 44.9 Å². The Morgan fingerprint density at radius 1 is 1.00 bits per heavy atom. The summed E-state index contributed by atoms with van der Waals surface area (Å²) in [6.07, 6.45) is 14.0. The van der Waals surface area contributed by atoms with Crippen LogP contribution in [0.2, 0.25) is 0 Å². The Balaban J connectivity index is 2.11. The van der Waals surface area contributed by atoms with Crippen molar-refractivity contribution < 1.29 is 9.36 Å². The van der Waals surface area contributed by atoms with Gasteiger partial charge in [0.05, 0.1) is 0 Å². The number of hydrogen-bond donors (Lipinski definition) is 1. The predicted octanol–water partition coefficient (Wildman–Crippen LogP) is 3.99. The maximum absolute atomic E-state index is 12.2. The lowest BCUT2D eigenvalue weighted by molar-refractivity contribution is -0.697. The molecule has 0 saturated carbocycles. The minimum atomic E-state index is 0.212. The molecule has 21 heavy (non-hydrogen) atoms. The summed E-state index contributed by atoms with van der Waals surface area (Å²) in [6, 6.07) is 5.67. The van der Waals surface area contributed by atoms with Gasteiger partial charge in [-0.3, -0.25) is 10.5 Å². The summed E-state index contributed by atoms with van der Waals surface area (Å²) in [5, 5.41) is 0. The van der Waals surface area contributed by atoms with Crippen LogP contribution in [-0.2, 0) is 6.67 Å². The van der Waals surface area contributed by atoms with E-state index in [0.717, 1.165) is 18.5 Å². The van der Waals surface area contributed by atoms with Crippen LogP contribution in [0.15, 0.2) is 24.4 Å². The SMILES string of the molecule is CCCCCCCCCCCC(=O)c1cccc[n+]1CN. The van der Waals surface area contributed by atoms with Crippen molar-refractivity contribution in [2.45, 2.75) is 77.8 Å². The molecule has 0 spiro atoms. The molecule has 1 aromatic rings. The van der Waals surface area contributed by atoms with Gasteiger partial charge in [-0.05, 0) is 12.5 Å². The molecule has 1 aromatic heterocycles. The van der Waals surface area contributed by atoms with Crippen LogP contribution in [0.4, 0.5) is 0 Å². The van der Waals surface area contributed by atoms with E-state index in [1.54, 1.807) is 0 Å². The van der Waals surface area contributed by atoms with Gasteiger partial charge in [0.1, 0.15) is 0 Å². The van der Waals surface area contributed by atoms with Crippen LogP contribution >= 0.6 is 0 Å². The molecule has 3 nitrogen and oxygen atoms in total. The second-order valence-corrected chi connectivity index (χ2v) is 5.74. The summed E-state index contributed by atoms with van der Waals surface area (Å²) >= 11 is 0. The van der Waals surface area contributed by atoms with E-state index in [1.807, 2.05) is 29.0 Å². The fraction of sp³-hybridized carbons (Fsp3) is 0.667. The topological polar surface area (TPSA) is 47.0 Å². The summed E-state index contributed by atoms with van der Waals surface area (Å²) in [7, 11) is 0. The zero-order chi connectivity index (χ0) is 15.3. The summed E-state index contributed by atoms with van der Waals surface area (Å²) in [6.45, 7) is 2.61. The number of carbonyl (C=O) groups is 1. The molecule has 2 N–H and O–H groups in total. The van der Waals surface area contributed by atoms with E-state index in [2.05, 4.69) is 6.92 Å².